The summed E-state index contributed by atoms with van der Waals surface area (Å²) in [4.78, 5) is 21.8. The number of halogens is 3. The molecule has 1 saturated heterocycles. The van der Waals surface area contributed by atoms with Crippen molar-refractivity contribution in [2.45, 2.75) is 32.0 Å². The van der Waals surface area contributed by atoms with Crippen molar-refractivity contribution >= 4 is 5.91 Å². The van der Waals surface area contributed by atoms with Gasteiger partial charge in [-0.1, -0.05) is 0 Å². The van der Waals surface area contributed by atoms with Gasteiger partial charge in [-0.3, -0.25) is 9.78 Å². The molecule has 0 spiro atoms. The molecule has 8 heteroatoms. The number of nitrogens with zero attached hydrogens (tertiary/aromatic N) is 4. The van der Waals surface area contributed by atoms with E-state index in [0.29, 0.717) is 13.1 Å². The Kier molecular flexibility index (Phi) is 4.29. The lowest BCUT2D eigenvalue weighted by molar-refractivity contribution is -0.141. The fourth-order valence-corrected chi connectivity index (χ4v) is 3.01. The molecule has 1 amide bonds. The van der Waals surface area contributed by atoms with Crippen molar-refractivity contribution in [3.63, 3.8) is 0 Å². The van der Waals surface area contributed by atoms with E-state index in [4.69, 9.17) is 0 Å². The maximum atomic E-state index is 12.6. The van der Waals surface area contributed by atoms with Crippen LogP contribution in [0.15, 0.2) is 30.7 Å². The predicted octanol–water partition coefficient (Wildman–Crippen LogP) is 3.08. The molecular formula is C16H17F3N4O. The molecule has 0 bridgehead atoms. The molecule has 1 aliphatic rings. The Morgan fingerprint density at radius 3 is 2.67 bits per heavy atom. The number of likely N-dealkylation sites (tertiary alicyclic amines) is 1. The summed E-state index contributed by atoms with van der Waals surface area (Å²) in [5.41, 5.74) is -0.824. The Hall–Kier alpha value is -2.38. The Morgan fingerprint density at radius 2 is 2.08 bits per heavy atom. The van der Waals surface area contributed by atoms with Crippen LogP contribution in [-0.4, -0.2) is 38.4 Å². The molecule has 3 rings (SSSR count). The molecule has 2 aromatic rings. The van der Waals surface area contributed by atoms with Crippen molar-refractivity contribution in [1.82, 2.24) is 19.4 Å². The molecule has 0 aliphatic carbocycles. The van der Waals surface area contributed by atoms with Gasteiger partial charge in [-0.15, -0.1) is 0 Å². The van der Waals surface area contributed by atoms with Crippen molar-refractivity contribution < 1.29 is 18.0 Å². The van der Waals surface area contributed by atoms with Gasteiger partial charge in [0.1, 0.15) is 11.5 Å². The van der Waals surface area contributed by atoms with E-state index in [0.717, 1.165) is 30.9 Å². The highest BCUT2D eigenvalue weighted by Crippen LogP contribution is 2.28. The normalized spacial score (nSPS) is 18.7. The van der Waals surface area contributed by atoms with Crippen LogP contribution in [0.1, 0.15) is 40.8 Å². The first-order valence-electron chi connectivity index (χ1n) is 7.68. The summed E-state index contributed by atoms with van der Waals surface area (Å²) in [6, 6.07) is 2.16. The summed E-state index contributed by atoms with van der Waals surface area (Å²) >= 11 is 0. The number of aromatic nitrogens is 3. The number of alkyl halides is 3. The smallest absolute Gasteiger partial charge is 0.337 e. The summed E-state index contributed by atoms with van der Waals surface area (Å²) in [5, 5.41) is 0. The molecule has 2 aromatic heterocycles. The summed E-state index contributed by atoms with van der Waals surface area (Å²) in [5.74, 6) is 0.587. The second-order valence-corrected chi connectivity index (χ2v) is 5.86. The van der Waals surface area contributed by atoms with Gasteiger partial charge in [0.05, 0.1) is 11.6 Å². The third kappa shape index (κ3) is 3.27. The molecule has 0 radical (unpaired) electrons. The lowest BCUT2D eigenvalue weighted by atomic mass is 10.0. The number of amides is 1. The molecule has 0 N–H and O–H groups in total. The third-order valence-corrected chi connectivity index (χ3v) is 4.24. The van der Waals surface area contributed by atoms with Crippen LogP contribution in [0.25, 0.3) is 0 Å². The van der Waals surface area contributed by atoms with E-state index in [1.54, 1.807) is 11.1 Å². The molecule has 128 valence electrons. The standard InChI is InChI=1S/C16H17F3N4O/c1-11-20-6-8-23(11)13-3-2-7-22(10-13)15(24)12-4-5-14(21-9-12)16(17,18)19/h4-6,8-9,13H,2-3,7,10H2,1H3. The maximum Gasteiger partial charge on any atom is 0.433 e. The van der Waals surface area contributed by atoms with Gasteiger partial charge in [0.15, 0.2) is 0 Å². The van der Waals surface area contributed by atoms with Gasteiger partial charge >= 0.3 is 6.18 Å². The molecule has 3 heterocycles. The van der Waals surface area contributed by atoms with Crippen LogP contribution in [0.5, 0.6) is 0 Å². The topological polar surface area (TPSA) is 51.0 Å². The number of aryl methyl sites for hydroxylation is 1. The number of carbonyl (C=O) groups excluding carboxylic acids is 1. The van der Waals surface area contributed by atoms with Crippen molar-refractivity contribution in [2.24, 2.45) is 0 Å². The van der Waals surface area contributed by atoms with Gasteiger partial charge in [0.2, 0.25) is 0 Å². The number of carbonyl (C=O) groups is 1. The number of piperidine rings is 1. The molecule has 5 nitrogen and oxygen atoms in total. The van der Waals surface area contributed by atoms with E-state index in [9.17, 15) is 18.0 Å². The Morgan fingerprint density at radius 1 is 1.29 bits per heavy atom. The lowest BCUT2D eigenvalue weighted by Crippen LogP contribution is -2.40. The van der Waals surface area contributed by atoms with E-state index < -0.39 is 11.9 Å². The highest BCUT2D eigenvalue weighted by atomic mass is 19.4. The molecule has 1 aliphatic heterocycles. The SMILES string of the molecule is Cc1nccn1C1CCCN(C(=O)c2ccc(C(F)(F)F)nc2)C1. The van der Waals surface area contributed by atoms with E-state index in [-0.39, 0.29) is 17.5 Å². The molecule has 0 saturated carbocycles. The van der Waals surface area contributed by atoms with Crippen LogP contribution in [0.3, 0.4) is 0 Å². The Bertz CT molecular complexity index is 724. The summed E-state index contributed by atoms with van der Waals surface area (Å²) in [6.45, 7) is 3.00. The number of hydrogen-bond donors (Lipinski definition) is 0. The number of rotatable bonds is 2. The zero-order valence-electron chi connectivity index (χ0n) is 13.1. The van der Waals surface area contributed by atoms with E-state index in [1.807, 2.05) is 17.7 Å². The monoisotopic (exact) mass is 338 g/mol. The highest BCUT2D eigenvalue weighted by Gasteiger charge is 2.33. The van der Waals surface area contributed by atoms with Gasteiger partial charge in [-0.2, -0.15) is 13.2 Å². The maximum absolute atomic E-state index is 12.6. The lowest BCUT2D eigenvalue weighted by Gasteiger charge is -2.34. The molecule has 24 heavy (non-hydrogen) atoms. The van der Waals surface area contributed by atoms with Crippen LogP contribution in [0, 0.1) is 6.92 Å². The zero-order chi connectivity index (χ0) is 17.3. The van der Waals surface area contributed by atoms with Crippen LogP contribution in [0.4, 0.5) is 13.2 Å². The van der Waals surface area contributed by atoms with E-state index in [2.05, 4.69) is 9.97 Å². The fraction of sp³-hybridized carbons (Fsp3) is 0.438. The van der Waals surface area contributed by atoms with Gasteiger partial charge in [0, 0.05) is 31.7 Å². The van der Waals surface area contributed by atoms with Gasteiger partial charge < -0.3 is 9.47 Å². The fourth-order valence-electron chi connectivity index (χ4n) is 3.01. The van der Waals surface area contributed by atoms with Crippen LogP contribution < -0.4 is 0 Å². The average Bonchev–Trinajstić information content (AvgIpc) is 3.00. The first-order chi connectivity index (χ1) is 11.4. The van der Waals surface area contributed by atoms with Crippen LogP contribution in [-0.2, 0) is 6.18 Å². The molecule has 1 unspecified atom stereocenters. The van der Waals surface area contributed by atoms with Crippen molar-refractivity contribution in [3.05, 3.63) is 47.8 Å². The summed E-state index contributed by atoms with van der Waals surface area (Å²) in [7, 11) is 0. The van der Waals surface area contributed by atoms with Gasteiger partial charge in [0.25, 0.3) is 5.91 Å². The van der Waals surface area contributed by atoms with E-state index in [1.165, 1.54) is 6.07 Å². The first kappa shape index (κ1) is 16.5. The van der Waals surface area contributed by atoms with Crippen LogP contribution >= 0.6 is 0 Å². The van der Waals surface area contributed by atoms with Crippen molar-refractivity contribution in [1.29, 1.82) is 0 Å². The van der Waals surface area contributed by atoms with Gasteiger partial charge in [-0.25, -0.2) is 4.98 Å². The van der Waals surface area contributed by atoms with Crippen molar-refractivity contribution in [2.75, 3.05) is 13.1 Å². The second kappa shape index (κ2) is 6.26. The third-order valence-electron chi connectivity index (χ3n) is 4.24. The minimum absolute atomic E-state index is 0.132. The molecule has 1 atom stereocenters. The van der Waals surface area contributed by atoms with E-state index >= 15 is 0 Å². The molecule has 1 fully saturated rings. The number of imidazole rings is 1. The number of hydrogen-bond acceptors (Lipinski definition) is 3. The largest absolute Gasteiger partial charge is 0.433 e. The molecule has 0 aromatic carbocycles. The number of pyridine rings is 1. The average molecular weight is 338 g/mol. The Balaban J connectivity index is 1.74. The zero-order valence-corrected chi connectivity index (χ0v) is 13.1. The van der Waals surface area contributed by atoms with Crippen LogP contribution in [0.2, 0.25) is 0 Å². The summed E-state index contributed by atoms with van der Waals surface area (Å²) in [6.07, 6.45) is 1.87. The van der Waals surface area contributed by atoms with Crippen molar-refractivity contribution in [3.8, 4) is 0 Å². The quantitative estimate of drug-likeness (QED) is 0.845. The molecular weight excluding hydrogens is 321 g/mol. The Labute approximate surface area is 137 Å². The summed E-state index contributed by atoms with van der Waals surface area (Å²) < 4.78 is 39.7. The predicted molar refractivity (Wildman–Crippen MR) is 80.4 cm³/mol. The highest BCUT2D eigenvalue weighted by molar-refractivity contribution is 5.94. The first-order valence-corrected chi connectivity index (χ1v) is 7.68. The second-order valence-electron chi connectivity index (χ2n) is 5.86. The minimum atomic E-state index is -4.50. The minimum Gasteiger partial charge on any atom is -0.337 e. The van der Waals surface area contributed by atoms with Gasteiger partial charge in [-0.05, 0) is 31.9 Å².